The van der Waals surface area contributed by atoms with Crippen LogP contribution in [-0.4, -0.2) is 33.3 Å². The molecule has 0 spiro atoms. The molecule has 0 radical (unpaired) electrons. The fourth-order valence-electron chi connectivity index (χ4n) is 3.98. The first-order chi connectivity index (χ1) is 16.5. The Bertz CT molecular complexity index is 1230. The Kier molecular flexibility index (Phi) is 7.43. The Balaban J connectivity index is 1.79. The topological polar surface area (TPSA) is 79.7 Å². The van der Waals surface area contributed by atoms with Gasteiger partial charge in [0.1, 0.15) is 11.5 Å². The van der Waals surface area contributed by atoms with Gasteiger partial charge in [0, 0.05) is 29.0 Å². The van der Waals surface area contributed by atoms with Crippen molar-refractivity contribution in [2.45, 2.75) is 32.4 Å². The number of hydrogen-bond donors (Lipinski definition) is 1. The maximum absolute atomic E-state index is 13.2. The Hall–Kier alpha value is -3.45. The number of hydrogen-bond acceptors (Lipinski definition) is 5. The van der Waals surface area contributed by atoms with Gasteiger partial charge in [-0.25, -0.2) is 0 Å². The molecule has 1 atom stereocenters. The molecule has 1 aliphatic heterocycles. The fraction of sp³-hybridized carbons (Fsp3) is 0.222. The molecule has 0 bridgehead atoms. The molecular formula is C27H25BrN2O4. The van der Waals surface area contributed by atoms with E-state index < -0.39 is 17.7 Å². The van der Waals surface area contributed by atoms with E-state index in [1.54, 1.807) is 42.7 Å². The molecule has 2 aromatic carbocycles. The number of rotatable bonds is 8. The number of carbonyl (C=O) groups excluding carboxylic acids is 2. The lowest BCUT2D eigenvalue weighted by atomic mass is 9.95. The van der Waals surface area contributed by atoms with Crippen LogP contribution in [-0.2, 0) is 16.1 Å². The van der Waals surface area contributed by atoms with Gasteiger partial charge in [0.05, 0.1) is 18.2 Å². The summed E-state index contributed by atoms with van der Waals surface area (Å²) < 4.78 is 6.57. The number of Topliss-reactive ketones (excluding diaryl/α,β-unsaturated/α-hetero) is 1. The molecule has 1 saturated heterocycles. The van der Waals surface area contributed by atoms with E-state index in [4.69, 9.17) is 4.74 Å². The second-order valence-corrected chi connectivity index (χ2v) is 8.99. The molecule has 1 fully saturated rings. The Morgan fingerprint density at radius 1 is 1.12 bits per heavy atom. The van der Waals surface area contributed by atoms with Crippen molar-refractivity contribution in [3.05, 3.63) is 99.8 Å². The smallest absolute Gasteiger partial charge is 0.295 e. The van der Waals surface area contributed by atoms with Crippen molar-refractivity contribution in [2.24, 2.45) is 0 Å². The van der Waals surface area contributed by atoms with Crippen molar-refractivity contribution in [2.75, 3.05) is 6.61 Å². The minimum absolute atomic E-state index is 0.0534. The van der Waals surface area contributed by atoms with Crippen molar-refractivity contribution in [3.63, 3.8) is 0 Å². The number of nitrogens with zero attached hydrogens (tertiary/aromatic N) is 2. The second-order valence-electron chi connectivity index (χ2n) is 8.07. The van der Waals surface area contributed by atoms with E-state index in [0.29, 0.717) is 17.9 Å². The normalized spacial score (nSPS) is 17.2. The van der Waals surface area contributed by atoms with Crippen LogP contribution in [0.15, 0.2) is 83.1 Å². The van der Waals surface area contributed by atoms with Crippen molar-refractivity contribution < 1.29 is 19.4 Å². The first kappa shape index (κ1) is 23.7. The number of aliphatic hydroxyl groups excluding tert-OH is 1. The highest BCUT2D eigenvalue weighted by Crippen LogP contribution is 2.41. The summed E-state index contributed by atoms with van der Waals surface area (Å²) in [4.78, 5) is 32.0. The van der Waals surface area contributed by atoms with E-state index in [-0.39, 0.29) is 17.9 Å². The summed E-state index contributed by atoms with van der Waals surface area (Å²) in [5.41, 5.74) is 1.98. The van der Waals surface area contributed by atoms with Gasteiger partial charge in [0.2, 0.25) is 0 Å². The molecule has 4 rings (SSSR count). The summed E-state index contributed by atoms with van der Waals surface area (Å²) in [6.45, 7) is 2.83. The van der Waals surface area contributed by atoms with E-state index in [9.17, 15) is 14.7 Å². The predicted molar refractivity (Wildman–Crippen MR) is 133 cm³/mol. The molecule has 6 nitrogen and oxygen atoms in total. The van der Waals surface area contributed by atoms with Crippen LogP contribution in [0.4, 0.5) is 0 Å². The summed E-state index contributed by atoms with van der Waals surface area (Å²) in [6.07, 6.45) is 5.23. The number of carbonyl (C=O) groups is 2. The van der Waals surface area contributed by atoms with Crippen LogP contribution in [0.25, 0.3) is 5.76 Å². The average Bonchev–Trinajstić information content (AvgIpc) is 3.09. The van der Waals surface area contributed by atoms with Crippen molar-refractivity contribution >= 4 is 33.4 Å². The number of ketones is 1. The number of pyridine rings is 1. The van der Waals surface area contributed by atoms with Crippen LogP contribution in [0.5, 0.6) is 5.75 Å². The molecule has 0 saturated carbocycles. The van der Waals surface area contributed by atoms with Crippen LogP contribution in [0.3, 0.4) is 0 Å². The summed E-state index contributed by atoms with van der Waals surface area (Å²) in [5.74, 6) is -1.01. The van der Waals surface area contributed by atoms with Crippen LogP contribution in [0.1, 0.15) is 42.5 Å². The zero-order valence-electron chi connectivity index (χ0n) is 18.8. The SMILES string of the molecule is CCCCOc1cccc(/C(O)=C2\C(=O)C(=O)N(Cc3cccnc3)C2c2cccc(Br)c2)c1. The lowest BCUT2D eigenvalue weighted by Gasteiger charge is -2.25. The largest absolute Gasteiger partial charge is 0.507 e. The molecule has 34 heavy (non-hydrogen) atoms. The van der Waals surface area contributed by atoms with Crippen LogP contribution in [0, 0.1) is 0 Å². The number of unbranched alkanes of at least 4 members (excludes halogenated alkanes) is 1. The Morgan fingerprint density at radius 2 is 1.94 bits per heavy atom. The van der Waals surface area contributed by atoms with E-state index in [0.717, 1.165) is 28.4 Å². The quantitative estimate of drug-likeness (QED) is 0.180. The standard InChI is InChI=1S/C27H25BrN2O4/c1-2-3-13-34-22-11-5-9-20(15-22)25(31)23-24(19-8-4-10-21(28)14-19)30(27(33)26(23)32)17-18-7-6-12-29-16-18/h4-12,14-16,24,31H,2-3,13,17H2,1H3/b25-23+. The highest BCUT2D eigenvalue weighted by Gasteiger charge is 2.46. The highest BCUT2D eigenvalue weighted by molar-refractivity contribution is 9.10. The summed E-state index contributed by atoms with van der Waals surface area (Å²) in [6, 6.07) is 17.2. The average molecular weight is 521 g/mol. The molecule has 2 heterocycles. The van der Waals surface area contributed by atoms with Gasteiger partial charge in [-0.1, -0.05) is 59.6 Å². The number of ether oxygens (including phenoxy) is 1. The van der Waals surface area contributed by atoms with Crippen LogP contribution >= 0.6 is 15.9 Å². The van der Waals surface area contributed by atoms with Gasteiger partial charge in [-0.3, -0.25) is 14.6 Å². The van der Waals surface area contributed by atoms with Gasteiger partial charge < -0.3 is 14.7 Å². The number of aliphatic hydroxyl groups is 1. The first-order valence-electron chi connectivity index (χ1n) is 11.2. The third kappa shape index (κ3) is 5.04. The van der Waals surface area contributed by atoms with Crippen LogP contribution < -0.4 is 4.74 Å². The fourth-order valence-corrected chi connectivity index (χ4v) is 4.39. The summed E-state index contributed by atoms with van der Waals surface area (Å²) in [5, 5.41) is 11.3. The summed E-state index contributed by atoms with van der Waals surface area (Å²) >= 11 is 3.47. The zero-order valence-corrected chi connectivity index (χ0v) is 20.4. The monoisotopic (exact) mass is 520 g/mol. The molecule has 1 aromatic heterocycles. The second kappa shape index (κ2) is 10.7. The number of likely N-dealkylation sites (tertiary alicyclic amines) is 1. The third-order valence-electron chi connectivity index (χ3n) is 5.65. The van der Waals surface area contributed by atoms with Crippen molar-refractivity contribution in [1.29, 1.82) is 0 Å². The molecule has 1 amide bonds. The molecule has 1 aliphatic rings. The molecule has 174 valence electrons. The zero-order chi connectivity index (χ0) is 24.1. The van der Waals surface area contributed by atoms with Gasteiger partial charge in [-0.2, -0.15) is 0 Å². The third-order valence-corrected chi connectivity index (χ3v) is 6.15. The molecular weight excluding hydrogens is 496 g/mol. The van der Waals surface area contributed by atoms with Gasteiger partial charge in [-0.05, 0) is 47.9 Å². The lowest BCUT2D eigenvalue weighted by molar-refractivity contribution is -0.140. The maximum atomic E-state index is 13.2. The first-order valence-corrected chi connectivity index (χ1v) is 11.9. The maximum Gasteiger partial charge on any atom is 0.295 e. The minimum atomic E-state index is -0.748. The molecule has 3 aromatic rings. The van der Waals surface area contributed by atoms with E-state index in [1.807, 2.05) is 30.3 Å². The molecule has 0 aliphatic carbocycles. The molecule has 1 N–H and O–H groups in total. The summed E-state index contributed by atoms with van der Waals surface area (Å²) in [7, 11) is 0. The predicted octanol–water partition coefficient (Wildman–Crippen LogP) is 5.64. The van der Waals surface area contributed by atoms with Gasteiger partial charge in [-0.15, -0.1) is 0 Å². The number of amides is 1. The minimum Gasteiger partial charge on any atom is -0.507 e. The Labute approximate surface area is 207 Å². The number of benzene rings is 2. The highest BCUT2D eigenvalue weighted by atomic mass is 79.9. The van der Waals surface area contributed by atoms with Gasteiger partial charge in [0.15, 0.2) is 0 Å². The van der Waals surface area contributed by atoms with E-state index in [1.165, 1.54) is 4.90 Å². The van der Waals surface area contributed by atoms with E-state index in [2.05, 4.69) is 27.8 Å². The molecule has 7 heteroatoms. The van der Waals surface area contributed by atoms with Crippen molar-refractivity contribution in [3.8, 4) is 5.75 Å². The number of halogens is 1. The van der Waals surface area contributed by atoms with Crippen LogP contribution in [0.2, 0.25) is 0 Å². The Morgan fingerprint density at radius 3 is 2.68 bits per heavy atom. The van der Waals surface area contributed by atoms with E-state index >= 15 is 0 Å². The van der Waals surface area contributed by atoms with Gasteiger partial charge >= 0.3 is 0 Å². The van der Waals surface area contributed by atoms with Gasteiger partial charge in [0.25, 0.3) is 11.7 Å². The van der Waals surface area contributed by atoms with Crippen molar-refractivity contribution in [1.82, 2.24) is 9.88 Å². The lowest BCUT2D eigenvalue weighted by Crippen LogP contribution is -2.29. The number of aromatic nitrogens is 1. The molecule has 1 unspecified atom stereocenters.